The van der Waals surface area contributed by atoms with Gasteiger partial charge in [-0.15, -0.1) is 0 Å². The lowest BCUT2D eigenvalue weighted by molar-refractivity contribution is -0.119. The fourth-order valence-corrected chi connectivity index (χ4v) is 5.42. The average Bonchev–Trinajstić information content (AvgIpc) is 2.99. The van der Waals surface area contributed by atoms with Crippen LogP contribution in [0.2, 0.25) is 5.02 Å². The quantitative estimate of drug-likeness (QED) is 0.256. The van der Waals surface area contributed by atoms with Crippen LogP contribution >= 0.6 is 11.6 Å². The molecular formula is C32H28ClFN2O5. The smallest absolute Gasteiger partial charge is 0.255 e. The number of methoxy groups -OCH3 is 3. The Morgan fingerprint density at radius 3 is 2.24 bits per heavy atom. The molecule has 7 nitrogen and oxygen atoms in total. The number of nitrogens with one attached hydrogen (secondary N) is 1. The Labute approximate surface area is 242 Å². The van der Waals surface area contributed by atoms with E-state index in [1.165, 1.54) is 26.4 Å². The van der Waals surface area contributed by atoms with E-state index in [0.29, 0.717) is 39.1 Å². The standard InChI is InChI=1S/C32H28ClFN2O5/c1-39-22-14-10-20(11-15-22)30-29(31(37)35-26-16-25(33)27(40-2)17-28(26)41-3)23-6-4-5-7-24(23)32(38)36(30)18-19-8-12-21(34)13-9-19/h4-17,29-30H,18H2,1-3H3,(H,35,37)/t29-,30-/m1/s1. The zero-order valence-corrected chi connectivity index (χ0v) is 23.4. The second-order valence-corrected chi connectivity index (χ2v) is 9.93. The van der Waals surface area contributed by atoms with Crippen LogP contribution in [0.1, 0.15) is 39.0 Å². The van der Waals surface area contributed by atoms with Gasteiger partial charge in [0.25, 0.3) is 5.91 Å². The minimum atomic E-state index is -0.816. The summed E-state index contributed by atoms with van der Waals surface area (Å²) in [6, 6.07) is 22.8. The predicted octanol–water partition coefficient (Wildman–Crippen LogP) is 6.62. The largest absolute Gasteiger partial charge is 0.497 e. The van der Waals surface area contributed by atoms with E-state index in [-0.39, 0.29) is 24.2 Å². The van der Waals surface area contributed by atoms with Crippen molar-refractivity contribution in [3.63, 3.8) is 0 Å². The lowest BCUT2D eigenvalue weighted by atomic mass is 9.79. The van der Waals surface area contributed by atoms with Crippen molar-refractivity contribution >= 4 is 29.1 Å². The lowest BCUT2D eigenvalue weighted by Gasteiger charge is -2.42. The molecule has 4 aromatic carbocycles. The number of fused-ring (bicyclic) bond motifs is 1. The third-order valence-electron chi connectivity index (χ3n) is 7.18. The van der Waals surface area contributed by atoms with Gasteiger partial charge in [0, 0.05) is 18.2 Å². The van der Waals surface area contributed by atoms with Crippen molar-refractivity contribution in [3.05, 3.63) is 118 Å². The molecule has 41 heavy (non-hydrogen) atoms. The minimum Gasteiger partial charge on any atom is -0.497 e. The fraction of sp³-hybridized carbons (Fsp3) is 0.188. The Morgan fingerprint density at radius 1 is 0.902 bits per heavy atom. The van der Waals surface area contributed by atoms with Crippen molar-refractivity contribution in [2.45, 2.75) is 18.5 Å². The second kappa shape index (κ2) is 11.9. The summed E-state index contributed by atoms with van der Waals surface area (Å²) in [5.41, 5.74) is 2.82. The molecule has 1 aliphatic heterocycles. The topological polar surface area (TPSA) is 77.1 Å². The molecule has 0 bridgehead atoms. The molecule has 0 saturated carbocycles. The van der Waals surface area contributed by atoms with Crippen LogP contribution in [0, 0.1) is 5.82 Å². The summed E-state index contributed by atoms with van der Waals surface area (Å²) in [4.78, 5) is 29.9. The van der Waals surface area contributed by atoms with Crippen LogP contribution in [0.5, 0.6) is 17.2 Å². The lowest BCUT2D eigenvalue weighted by Crippen LogP contribution is -2.45. The number of rotatable bonds is 8. The zero-order valence-electron chi connectivity index (χ0n) is 22.7. The highest BCUT2D eigenvalue weighted by Gasteiger charge is 2.44. The molecule has 0 saturated heterocycles. The summed E-state index contributed by atoms with van der Waals surface area (Å²) in [6.45, 7) is 0.158. The van der Waals surface area contributed by atoms with E-state index in [1.54, 1.807) is 72.7 Å². The maximum Gasteiger partial charge on any atom is 0.255 e. The highest BCUT2D eigenvalue weighted by molar-refractivity contribution is 6.32. The Hall–Kier alpha value is -4.56. The van der Waals surface area contributed by atoms with Crippen LogP contribution in [0.25, 0.3) is 0 Å². The van der Waals surface area contributed by atoms with Gasteiger partial charge in [0.15, 0.2) is 0 Å². The van der Waals surface area contributed by atoms with Gasteiger partial charge in [0.1, 0.15) is 23.1 Å². The summed E-state index contributed by atoms with van der Waals surface area (Å²) >= 11 is 6.38. The van der Waals surface area contributed by atoms with Crippen LogP contribution in [-0.2, 0) is 11.3 Å². The van der Waals surface area contributed by atoms with Gasteiger partial charge < -0.3 is 24.4 Å². The van der Waals surface area contributed by atoms with Crippen LogP contribution in [-0.4, -0.2) is 38.0 Å². The van der Waals surface area contributed by atoms with E-state index in [1.807, 2.05) is 12.1 Å². The maximum absolute atomic E-state index is 14.3. The molecule has 2 amide bonds. The number of carbonyl (C=O) groups excluding carboxylic acids is 2. The van der Waals surface area contributed by atoms with E-state index in [0.717, 1.165) is 11.1 Å². The molecule has 210 valence electrons. The summed E-state index contributed by atoms with van der Waals surface area (Å²) < 4.78 is 29.8. The van der Waals surface area contributed by atoms with E-state index in [2.05, 4.69) is 5.32 Å². The molecule has 1 N–H and O–H groups in total. The molecular weight excluding hydrogens is 547 g/mol. The number of hydrogen-bond donors (Lipinski definition) is 1. The van der Waals surface area contributed by atoms with Crippen LogP contribution in [0.3, 0.4) is 0 Å². The molecule has 0 spiro atoms. The van der Waals surface area contributed by atoms with Gasteiger partial charge in [-0.3, -0.25) is 9.59 Å². The van der Waals surface area contributed by atoms with Crippen molar-refractivity contribution < 1.29 is 28.2 Å². The summed E-state index contributed by atoms with van der Waals surface area (Å²) in [6.07, 6.45) is 0. The Kier molecular flexibility index (Phi) is 8.12. The Balaban J connectivity index is 1.64. The Morgan fingerprint density at radius 2 is 1.59 bits per heavy atom. The van der Waals surface area contributed by atoms with Crippen molar-refractivity contribution in [2.75, 3.05) is 26.6 Å². The molecule has 0 fully saturated rings. The van der Waals surface area contributed by atoms with Crippen molar-refractivity contribution in [1.29, 1.82) is 0 Å². The van der Waals surface area contributed by atoms with E-state index < -0.39 is 12.0 Å². The number of nitrogens with zero attached hydrogens (tertiary/aromatic N) is 1. The van der Waals surface area contributed by atoms with Gasteiger partial charge in [-0.1, -0.05) is 54.1 Å². The predicted molar refractivity (Wildman–Crippen MR) is 154 cm³/mol. The third kappa shape index (κ3) is 5.56. The minimum absolute atomic E-state index is 0.158. The number of ether oxygens (including phenoxy) is 3. The van der Waals surface area contributed by atoms with E-state index in [9.17, 15) is 14.0 Å². The zero-order chi connectivity index (χ0) is 29.1. The molecule has 1 aliphatic rings. The van der Waals surface area contributed by atoms with Crippen LogP contribution in [0.15, 0.2) is 84.9 Å². The maximum atomic E-state index is 14.3. The fourth-order valence-electron chi connectivity index (χ4n) is 5.18. The number of anilines is 1. The SMILES string of the molecule is COc1ccc([C@@H]2[C@H](C(=O)Nc3cc(Cl)c(OC)cc3OC)c3ccccc3C(=O)N2Cc2ccc(F)cc2)cc1. The van der Waals surface area contributed by atoms with Crippen molar-refractivity contribution in [1.82, 2.24) is 4.90 Å². The first-order chi connectivity index (χ1) is 19.8. The summed E-state index contributed by atoms with van der Waals surface area (Å²) in [7, 11) is 4.54. The molecule has 0 unspecified atom stereocenters. The van der Waals surface area contributed by atoms with E-state index >= 15 is 0 Å². The molecule has 1 heterocycles. The number of halogens is 2. The molecule has 0 aromatic heterocycles. The number of carbonyl (C=O) groups is 2. The van der Waals surface area contributed by atoms with Crippen molar-refractivity contribution in [2.24, 2.45) is 0 Å². The van der Waals surface area contributed by atoms with Gasteiger partial charge in [0.05, 0.1) is 44.0 Å². The third-order valence-corrected chi connectivity index (χ3v) is 7.47. The summed E-state index contributed by atoms with van der Waals surface area (Å²) in [5.74, 6) is -0.390. The monoisotopic (exact) mass is 574 g/mol. The van der Waals surface area contributed by atoms with Gasteiger partial charge in [-0.25, -0.2) is 4.39 Å². The second-order valence-electron chi connectivity index (χ2n) is 9.52. The van der Waals surface area contributed by atoms with Gasteiger partial charge >= 0.3 is 0 Å². The normalized spacial score (nSPS) is 16.1. The van der Waals surface area contributed by atoms with Gasteiger partial charge in [-0.2, -0.15) is 0 Å². The average molecular weight is 575 g/mol. The number of benzene rings is 4. The molecule has 5 rings (SSSR count). The molecule has 2 atom stereocenters. The molecule has 9 heteroatoms. The molecule has 0 aliphatic carbocycles. The number of amides is 2. The highest BCUT2D eigenvalue weighted by Crippen LogP contribution is 2.45. The van der Waals surface area contributed by atoms with E-state index in [4.69, 9.17) is 25.8 Å². The molecule has 4 aromatic rings. The Bertz CT molecular complexity index is 1580. The first kappa shape index (κ1) is 28.0. The van der Waals surface area contributed by atoms with Crippen molar-refractivity contribution in [3.8, 4) is 17.2 Å². The number of hydrogen-bond acceptors (Lipinski definition) is 5. The van der Waals surface area contributed by atoms with Gasteiger partial charge in [0.2, 0.25) is 5.91 Å². The van der Waals surface area contributed by atoms with Crippen LogP contribution in [0.4, 0.5) is 10.1 Å². The van der Waals surface area contributed by atoms with Crippen LogP contribution < -0.4 is 19.5 Å². The molecule has 0 radical (unpaired) electrons. The first-order valence-electron chi connectivity index (χ1n) is 12.8. The van der Waals surface area contributed by atoms with Gasteiger partial charge in [-0.05, 0) is 53.1 Å². The highest BCUT2D eigenvalue weighted by atomic mass is 35.5. The summed E-state index contributed by atoms with van der Waals surface area (Å²) in [5, 5.41) is 3.28. The first-order valence-corrected chi connectivity index (χ1v) is 13.2.